The second kappa shape index (κ2) is 8.35. The number of hydrogen-bond acceptors (Lipinski definition) is 4. The summed E-state index contributed by atoms with van der Waals surface area (Å²) in [6.45, 7) is 0.580. The topological polar surface area (TPSA) is 93.9 Å². The van der Waals surface area contributed by atoms with Gasteiger partial charge in [-0.25, -0.2) is 4.79 Å². The number of aliphatic carboxylic acids is 1. The van der Waals surface area contributed by atoms with Gasteiger partial charge in [-0.2, -0.15) is 5.26 Å². The fourth-order valence-corrected chi connectivity index (χ4v) is 1.20. The molecule has 0 aliphatic heterocycles. The SMILES string of the molecule is COCCN(CCC#N)C(=O)N(C)CC(=O)O. The zero-order valence-corrected chi connectivity index (χ0v) is 10.0. The van der Waals surface area contributed by atoms with E-state index in [1.807, 2.05) is 6.07 Å². The minimum atomic E-state index is -1.08. The van der Waals surface area contributed by atoms with Gasteiger partial charge in [-0.3, -0.25) is 4.79 Å². The first-order valence-electron chi connectivity index (χ1n) is 5.10. The Morgan fingerprint density at radius 1 is 1.41 bits per heavy atom. The Kier molecular flexibility index (Phi) is 7.46. The maximum atomic E-state index is 11.8. The summed E-state index contributed by atoms with van der Waals surface area (Å²) in [7, 11) is 2.91. The fourth-order valence-electron chi connectivity index (χ4n) is 1.20. The first-order valence-corrected chi connectivity index (χ1v) is 5.10. The summed E-state index contributed by atoms with van der Waals surface area (Å²) in [5.74, 6) is -1.08. The molecule has 0 heterocycles. The van der Waals surface area contributed by atoms with E-state index in [2.05, 4.69) is 0 Å². The molecular formula is C10H17N3O4. The predicted molar refractivity (Wildman–Crippen MR) is 59.3 cm³/mol. The van der Waals surface area contributed by atoms with E-state index < -0.39 is 12.0 Å². The highest BCUT2D eigenvalue weighted by molar-refractivity contribution is 5.79. The van der Waals surface area contributed by atoms with Crippen molar-refractivity contribution in [1.82, 2.24) is 9.80 Å². The van der Waals surface area contributed by atoms with Gasteiger partial charge in [0.05, 0.1) is 19.1 Å². The Morgan fingerprint density at radius 3 is 2.53 bits per heavy atom. The van der Waals surface area contributed by atoms with Gasteiger partial charge in [0.25, 0.3) is 0 Å². The van der Waals surface area contributed by atoms with Crippen molar-refractivity contribution in [3.05, 3.63) is 0 Å². The number of carbonyl (C=O) groups excluding carboxylic acids is 1. The van der Waals surface area contributed by atoms with Crippen LogP contribution in [0.4, 0.5) is 4.79 Å². The van der Waals surface area contributed by atoms with Crippen LogP contribution in [0.25, 0.3) is 0 Å². The van der Waals surface area contributed by atoms with Crippen LogP contribution in [-0.2, 0) is 9.53 Å². The van der Waals surface area contributed by atoms with Gasteiger partial charge in [-0.05, 0) is 0 Å². The molecule has 0 aromatic rings. The number of nitrogens with zero attached hydrogens (tertiary/aromatic N) is 3. The molecule has 17 heavy (non-hydrogen) atoms. The minimum absolute atomic E-state index is 0.205. The lowest BCUT2D eigenvalue weighted by molar-refractivity contribution is -0.137. The first-order chi connectivity index (χ1) is 8.02. The quantitative estimate of drug-likeness (QED) is 0.678. The van der Waals surface area contributed by atoms with E-state index in [4.69, 9.17) is 15.1 Å². The van der Waals surface area contributed by atoms with Crippen LogP contribution in [0.15, 0.2) is 0 Å². The van der Waals surface area contributed by atoms with Crippen molar-refractivity contribution in [1.29, 1.82) is 5.26 Å². The molecule has 0 aromatic heterocycles. The highest BCUT2D eigenvalue weighted by atomic mass is 16.5. The van der Waals surface area contributed by atoms with E-state index in [-0.39, 0.29) is 19.5 Å². The molecule has 0 saturated heterocycles. The molecule has 0 unspecified atom stereocenters. The minimum Gasteiger partial charge on any atom is -0.480 e. The molecule has 0 aromatic carbocycles. The highest BCUT2D eigenvalue weighted by Crippen LogP contribution is 1.99. The van der Waals surface area contributed by atoms with Crippen LogP contribution in [-0.4, -0.2) is 67.3 Å². The van der Waals surface area contributed by atoms with E-state index in [0.717, 1.165) is 4.90 Å². The summed E-state index contributed by atoms with van der Waals surface area (Å²) < 4.78 is 4.85. The Balaban J connectivity index is 4.39. The van der Waals surface area contributed by atoms with Crippen LogP contribution in [0.3, 0.4) is 0 Å². The summed E-state index contributed by atoms with van der Waals surface area (Å²) >= 11 is 0. The van der Waals surface area contributed by atoms with Gasteiger partial charge in [0.15, 0.2) is 0 Å². The second-order valence-corrected chi connectivity index (χ2v) is 3.42. The lowest BCUT2D eigenvalue weighted by Crippen LogP contribution is -2.44. The van der Waals surface area contributed by atoms with E-state index in [0.29, 0.717) is 13.2 Å². The van der Waals surface area contributed by atoms with E-state index in [1.165, 1.54) is 19.1 Å². The van der Waals surface area contributed by atoms with Crippen molar-refractivity contribution in [3.8, 4) is 6.07 Å². The second-order valence-electron chi connectivity index (χ2n) is 3.42. The number of carboxylic acids is 1. The zero-order chi connectivity index (χ0) is 13.3. The summed E-state index contributed by atoms with van der Waals surface area (Å²) in [6, 6.07) is 1.52. The Morgan fingerprint density at radius 2 is 2.06 bits per heavy atom. The van der Waals surface area contributed by atoms with Crippen LogP contribution < -0.4 is 0 Å². The number of ether oxygens (including phenoxy) is 1. The summed E-state index contributed by atoms with van der Waals surface area (Å²) in [4.78, 5) is 24.8. The maximum Gasteiger partial charge on any atom is 0.323 e. The molecule has 0 rings (SSSR count). The Hall–Kier alpha value is -1.81. The third kappa shape index (κ3) is 6.37. The third-order valence-corrected chi connectivity index (χ3v) is 2.03. The molecule has 2 amide bonds. The van der Waals surface area contributed by atoms with Crippen LogP contribution in [0, 0.1) is 11.3 Å². The molecule has 0 atom stereocenters. The van der Waals surface area contributed by atoms with E-state index >= 15 is 0 Å². The standard InChI is InChI=1S/C10H17N3O4/c1-12(8-9(14)15)10(16)13(5-3-4-11)6-7-17-2/h3,5-8H2,1-2H3,(H,14,15). The van der Waals surface area contributed by atoms with Gasteiger partial charge in [-0.1, -0.05) is 0 Å². The zero-order valence-electron chi connectivity index (χ0n) is 10.0. The number of rotatable bonds is 7. The molecule has 7 nitrogen and oxygen atoms in total. The number of amides is 2. The summed E-state index contributed by atoms with van der Waals surface area (Å²) in [6.07, 6.45) is 0.205. The molecule has 0 saturated carbocycles. The Labute approximate surface area is 100 Å². The molecule has 1 N–H and O–H groups in total. The molecule has 7 heteroatoms. The van der Waals surface area contributed by atoms with Crippen molar-refractivity contribution in [3.63, 3.8) is 0 Å². The van der Waals surface area contributed by atoms with Crippen molar-refractivity contribution in [2.45, 2.75) is 6.42 Å². The lowest BCUT2D eigenvalue weighted by Gasteiger charge is -2.26. The van der Waals surface area contributed by atoms with Gasteiger partial charge < -0.3 is 19.6 Å². The van der Waals surface area contributed by atoms with Gasteiger partial charge in [0, 0.05) is 27.2 Å². The van der Waals surface area contributed by atoms with Crippen molar-refractivity contribution in [2.75, 3.05) is 40.4 Å². The molecular weight excluding hydrogens is 226 g/mol. The number of carboxylic acid groups (broad SMARTS) is 1. The average molecular weight is 243 g/mol. The van der Waals surface area contributed by atoms with E-state index in [1.54, 1.807) is 0 Å². The molecule has 0 aliphatic rings. The number of carbonyl (C=O) groups is 2. The van der Waals surface area contributed by atoms with Gasteiger partial charge in [-0.15, -0.1) is 0 Å². The number of nitriles is 1. The summed E-state index contributed by atoms with van der Waals surface area (Å²) in [5.41, 5.74) is 0. The normalized spacial score (nSPS) is 9.47. The van der Waals surface area contributed by atoms with E-state index in [9.17, 15) is 9.59 Å². The monoisotopic (exact) mass is 243 g/mol. The number of likely N-dealkylation sites (N-methyl/N-ethyl adjacent to an activating group) is 1. The lowest BCUT2D eigenvalue weighted by atomic mass is 10.4. The molecule has 96 valence electrons. The van der Waals surface area contributed by atoms with Crippen molar-refractivity contribution < 1.29 is 19.4 Å². The van der Waals surface area contributed by atoms with Crippen LogP contribution in [0.2, 0.25) is 0 Å². The number of methoxy groups -OCH3 is 1. The molecule has 0 fully saturated rings. The Bertz CT molecular complexity index is 300. The van der Waals surface area contributed by atoms with Crippen molar-refractivity contribution in [2.24, 2.45) is 0 Å². The number of hydrogen-bond donors (Lipinski definition) is 1. The van der Waals surface area contributed by atoms with Gasteiger partial charge in [0.2, 0.25) is 0 Å². The first kappa shape index (κ1) is 15.2. The molecule has 0 spiro atoms. The molecule has 0 radical (unpaired) electrons. The van der Waals surface area contributed by atoms with Crippen LogP contribution >= 0.6 is 0 Å². The highest BCUT2D eigenvalue weighted by Gasteiger charge is 2.18. The van der Waals surface area contributed by atoms with Crippen LogP contribution in [0.5, 0.6) is 0 Å². The van der Waals surface area contributed by atoms with Gasteiger partial charge in [0.1, 0.15) is 6.54 Å². The average Bonchev–Trinajstić information content (AvgIpc) is 2.27. The van der Waals surface area contributed by atoms with Crippen LogP contribution in [0.1, 0.15) is 6.42 Å². The maximum absolute atomic E-state index is 11.8. The molecule has 0 bridgehead atoms. The third-order valence-electron chi connectivity index (χ3n) is 2.03. The summed E-state index contributed by atoms with van der Waals surface area (Å²) in [5, 5.41) is 17.1. The number of urea groups is 1. The fraction of sp³-hybridized carbons (Fsp3) is 0.700. The smallest absolute Gasteiger partial charge is 0.323 e. The predicted octanol–water partition coefficient (Wildman–Crippen LogP) is -0.0151. The molecule has 0 aliphatic carbocycles. The largest absolute Gasteiger partial charge is 0.480 e. The van der Waals surface area contributed by atoms with Crippen molar-refractivity contribution >= 4 is 12.0 Å². The van der Waals surface area contributed by atoms with Gasteiger partial charge >= 0.3 is 12.0 Å².